The van der Waals surface area contributed by atoms with E-state index in [1.165, 1.54) is 6.20 Å². The highest BCUT2D eigenvalue weighted by Gasteiger charge is 2.31. The van der Waals surface area contributed by atoms with Crippen LogP contribution in [-0.4, -0.2) is 31.1 Å². The third-order valence-corrected chi connectivity index (χ3v) is 4.01. The number of hydrogen-bond acceptors (Lipinski definition) is 6. The van der Waals surface area contributed by atoms with Crippen molar-refractivity contribution in [2.75, 3.05) is 18.6 Å². The molecule has 0 unspecified atom stereocenters. The van der Waals surface area contributed by atoms with E-state index in [-0.39, 0.29) is 11.6 Å². The van der Waals surface area contributed by atoms with Crippen molar-refractivity contribution in [1.29, 1.82) is 0 Å². The van der Waals surface area contributed by atoms with Crippen molar-refractivity contribution in [2.24, 2.45) is 5.92 Å². The summed E-state index contributed by atoms with van der Waals surface area (Å²) in [4.78, 5) is 9.08. The fraction of sp³-hybridized carbons (Fsp3) is 0.500. The fourth-order valence-electron chi connectivity index (χ4n) is 1.45. The zero-order valence-corrected chi connectivity index (χ0v) is 11.1. The number of pyridine rings is 1. The Labute approximate surface area is 106 Å². The molecule has 0 atom stereocenters. The number of rotatable bonds is 4. The number of hydrogen-bond donors (Lipinski definition) is 2. The molecule has 2 rings (SSSR count). The van der Waals surface area contributed by atoms with E-state index >= 15 is 0 Å². The van der Waals surface area contributed by atoms with Crippen molar-refractivity contribution < 1.29 is 13.3 Å². The molecule has 8 heteroatoms. The smallest absolute Gasteiger partial charge is 0.262 e. The summed E-state index contributed by atoms with van der Waals surface area (Å²) in [6.45, 7) is 4.48. The molecular weight excluding hydrogens is 256 g/mol. The summed E-state index contributed by atoms with van der Waals surface area (Å²) in [5.41, 5.74) is 2.99. The van der Waals surface area contributed by atoms with E-state index < -0.39 is 10.0 Å². The van der Waals surface area contributed by atoms with E-state index in [0.717, 1.165) is 4.41 Å². The summed E-state index contributed by atoms with van der Waals surface area (Å²) in [5.74, 6) is 0.312. The largest absolute Gasteiger partial charge is 0.369 e. The lowest BCUT2D eigenvalue weighted by Crippen LogP contribution is -2.48. The third kappa shape index (κ3) is 2.61. The average Bonchev–Trinajstić information content (AvgIpc) is 2.32. The lowest BCUT2D eigenvalue weighted by atomic mass is 10.2. The van der Waals surface area contributed by atoms with Crippen LogP contribution in [0.1, 0.15) is 13.8 Å². The van der Waals surface area contributed by atoms with Gasteiger partial charge in [-0.1, -0.05) is 18.3 Å². The van der Waals surface area contributed by atoms with Crippen LogP contribution in [0.25, 0.3) is 0 Å². The zero-order chi connectivity index (χ0) is 13.2. The van der Waals surface area contributed by atoms with Crippen LogP contribution in [0.3, 0.4) is 0 Å². The number of nitrogens with zero attached hydrogens (tertiary/aromatic N) is 2. The predicted molar refractivity (Wildman–Crippen MR) is 65.7 cm³/mol. The van der Waals surface area contributed by atoms with E-state index in [0.29, 0.717) is 18.2 Å². The fourth-order valence-corrected chi connectivity index (χ4v) is 2.68. The first-order valence-corrected chi connectivity index (χ1v) is 7.04. The molecule has 2 N–H and O–H groups in total. The Morgan fingerprint density at radius 1 is 1.61 bits per heavy atom. The van der Waals surface area contributed by atoms with Crippen LogP contribution in [0, 0.1) is 5.92 Å². The summed E-state index contributed by atoms with van der Waals surface area (Å²) >= 11 is 0. The second-order valence-electron chi connectivity index (χ2n) is 4.36. The normalized spacial score (nSPS) is 18.4. The highest BCUT2D eigenvalue weighted by molar-refractivity contribution is 7.89. The molecule has 0 fully saturated rings. The van der Waals surface area contributed by atoms with Gasteiger partial charge in [0.1, 0.15) is 4.90 Å². The van der Waals surface area contributed by atoms with Crippen molar-refractivity contribution in [3.63, 3.8) is 0 Å². The van der Waals surface area contributed by atoms with Gasteiger partial charge in [-0.05, 0) is 12.0 Å². The Bertz CT molecular complexity index is 518. The van der Waals surface area contributed by atoms with Crippen LogP contribution in [0.2, 0.25) is 0 Å². The van der Waals surface area contributed by atoms with Crippen LogP contribution in [0.15, 0.2) is 23.4 Å². The van der Waals surface area contributed by atoms with Gasteiger partial charge in [0.15, 0.2) is 0 Å². The molecule has 0 radical (unpaired) electrons. The van der Waals surface area contributed by atoms with Crippen LogP contribution in [0.4, 0.5) is 5.69 Å². The van der Waals surface area contributed by atoms with Gasteiger partial charge in [0.25, 0.3) is 10.0 Å². The van der Waals surface area contributed by atoms with Gasteiger partial charge in [-0.15, -0.1) is 5.59 Å². The molecule has 1 aliphatic rings. The maximum Gasteiger partial charge on any atom is 0.262 e. The van der Waals surface area contributed by atoms with E-state index in [2.05, 4.69) is 15.9 Å². The average molecular weight is 272 g/mol. The molecule has 1 aromatic rings. The van der Waals surface area contributed by atoms with Crippen LogP contribution in [0.5, 0.6) is 0 Å². The summed E-state index contributed by atoms with van der Waals surface area (Å²) in [5, 5.41) is 2.97. The Balaban J connectivity index is 2.13. The molecule has 0 spiro atoms. The molecule has 18 heavy (non-hydrogen) atoms. The third-order valence-electron chi connectivity index (χ3n) is 2.35. The minimum atomic E-state index is -3.61. The van der Waals surface area contributed by atoms with Crippen LogP contribution < -0.4 is 10.9 Å². The van der Waals surface area contributed by atoms with Gasteiger partial charge in [0, 0.05) is 12.4 Å². The molecule has 0 saturated heterocycles. The monoisotopic (exact) mass is 272 g/mol. The summed E-state index contributed by atoms with van der Waals surface area (Å²) in [6, 6.07) is 1.62. The van der Waals surface area contributed by atoms with E-state index in [1.54, 1.807) is 12.3 Å². The topological polar surface area (TPSA) is 83.6 Å². The summed E-state index contributed by atoms with van der Waals surface area (Å²) in [6.07, 6.45) is 2.85. The Hall–Kier alpha value is -1.22. The van der Waals surface area contributed by atoms with Gasteiger partial charge in [-0.3, -0.25) is 9.82 Å². The van der Waals surface area contributed by atoms with Crippen molar-refractivity contribution in [1.82, 2.24) is 15.0 Å². The lowest BCUT2D eigenvalue weighted by molar-refractivity contribution is -0.0510. The van der Waals surface area contributed by atoms with E-state index in [1.807, 2.05) is 13.8 Å². The number of fused-ring (bicyclic) bond motifs is 1. The Morgan fingerprint density at radius 2 is 2.39 bits per heavy atom. The van der Waals surface area contributed by atoms with Crippen molar-refractivity contribution in [2.45, 2.75) is 18.7 Å². The van der Waals surface area contributed by atoms with Gasteiger partial charge in [-0.2, -0.15) is 0 Å². The second-order valence-corrected chi connectivity index (χ2v) is 6.19. The quantitative estimate of drug-likeness (QED) is 0.779. The van der Waals surface area contributed by atoms with Crippen molar-refractivity contribution in [3.8, 4) is 0 Å². The maximum absolute atomic E-state index is 12.2. The van der Waals surface area contributed by atoms with Crippen molar-refractivity contribution >= 4 is 15.7 Å². The number of sulfonamides is 1. The first-order chi connectivity index (χ1) is 8.51. The molecule has 1 aromatic heterocycles. The standard InChI is InChI=1S/C10H16N4O3S/c1-8(2)6-17-13-14-7-12-9-3-4-11-5-10(9)18(14,15)16/h3-5,8,12-13H,6-7H2,1-2H3. The minimum Gasteiger partial charge on any atom is -0.369 e. The van der Waals surface area contributed by atoms with Crippen molar-refractivity contribution in [3.05, 3.63) is 18.5 Å². The second kappa shape index (κ2) is 5.19. The Morgan fingerprint density at radius 3 is 3.11 bits per heavy atom. The minimum absolute atomic E-state index is 0.109. The molecule has 2 heterocycles. The SMILES string of the molecule is CC(C)CONN1CNc2ccncc2S1(=O)=O. The summed E-state index contributed by atoms with van der Waals surface area (Å²) < 4.78 is 25.4. The van der Waals surface area contributed by atoms with E-state index in [4.69, 9.17) is 4.84 Å². The maximum atomic E-state index is 12.2. The molecule has 0 saturated carbocycles. The van der Waals surface area contributed by atoms with E-state index in [9.17, 15) is 8.42 Å². The predicted octanol–water partition coefficient (Wildman–Crippen LogP) is 0.547. The van der Waals surface area contributed by atoms with Gasteiger partial charge in [0.2, 0.25) is 0 Å². The summed E-state index contributed by atoms with van der Waals surface area (Å²) in [7, 11) is -3.61. The number of hydrazine groups is 1. The number of aromatic nitrogens is 1. The molecule has 0 aliphatic carbocycles. The van der Waals surface area contributed by atoms with Crippen LogP contribution in [-0.2, 0) is 14.9 Å². The van der Waals surface area contributed by atoms with Gasteiger partial charge >= 0.3 is 0 Å². The molecule has 0 amide bonds. The molecule has 100 valence electrons. The van der Waals surface area contributed by atoms with Gasteiger partial charge in [0.05, 0.1) is 19.0 Å². The molecule has 1 aliphatic heterocycles. The Kier molecular flexibility index (Phi) is 3.81. The number of anilines is 1. The highest BCUT2D eigenvalue weighted by Crippen LogP contribution is 2.26. The van der Waals surface area contributed by atoms with Gasteiger partial charge in [-0.25, -0.2) is 8.42 Å². The molecule has 0 aromatic carbocycles. The zero-order valence-electron chi connectivity index (χ0n) is 10.3. The lowest BCUT2D eigenvalue weighted by Gasteiger charge is -2.28. The first-order valence-electron chi connectivity index (χ1n) is 5.60. The highest BCUT2D eigenvalue weighted by atomic mass is 32.2. The van der Waals surface area contributed by atoms with Crippen LogP contribution >= 0.6 is 0 Å². The molecule has 7 nitrogen and oxygen atoms in total. The number of nitrogens with one attached hydrogen (secondary N) is 2. The molecular formula is C10H16N4O3S. The van der Waals surface area contributed by atoms with Gasteiger partial charge < -0.3 is 5.32 Å². The molecule has 0 bridgehead atoms. The first kappa shape index (κ1) is 13.2.